The number of nitrogens with one attached hydrogen (secondary N) is 1. The maximum atomic E-state index is 4.98. The van der Waals surface area contributed by atoms with Crippen molar-refractivity contribution in [1.29, 1.82) is 0 Å². The van der Waals surface area contributed by atoms with Crippen molar-refractivity contribution in [3.05, 3.63) is 52.8 Å². The minimum atomic E-state index is 0.654. The van der Waals surface area contributed by atoms with Gasteiger partial charge in [0.1, 0.15) is 0 Å². The second-order valence-corrected chi connectivity index (χ2v) is 8.18. The van der Waals surface area contributed by atoms with Crippen molar-refractivity contribution in [2.75, 3.05) is 26.2 Å². The first kappa shape index (κ1) is 21.4. The maximum absolute atomic E-state index is 4.98. The summed E-state index contributed by atoms with van der Waals surface area (Å²) in [5.41, 5.74) is 5.20. The molecule has 0 spiro atoms. The van der Waals surface area contributed by atoms with Crippen molar-refractivity contribution < 1.29 is 0 Å². The number of benzene rings is 1. The maximum Gasteiger partial charge on any atom is 0.193 e. The van der Waals surface area contributed by atoms with E-state index in [0.29, 0.717) is 11.8 Å². The Morgan fingerprint density at radius 2 is 1.97 bits per heavy atom. The summed E-state index contributed by atoms with van der Waals surface area (Å²) in [6, 6.07) is 11.0. The second kappa shape index (κ2) is 9.95. The molecule has 1 aromatic carbocycles. The lowest BCUT2D eigenvalue weighted by Gasteiger charge is -2.40. The minimum Gasteiger partial charge on any atom is -0.357 e. The van der Waals surface area contributed by atoms with Gasteiger partial charge in [0.05, 0.1) is 5.69 Å². The van der Waals surface area contributed by atoms with Gasteiger partial charge in [0, 0.05) is 38.9 Å². The molecule has 1 fully saturated rings. The van der Waals surface area contributed by atoms with E-state index < -0.39 is 0 Å². The minimum absolute atomic E-state index is 0.654. The molecular weight excluding hydrogens is 358 g/mol. The van der Waals surface area contributed by atoms with E-state index in [2.05, 4.69) is 73.3 Å². The third-order valence-electron chi connectivity index (χ3n) is 6.40. The van der Waals surface area contributed by atoms with E-state index in [1.165, 1.54) is 29.7 Å². The SMILES string of the molecule is CCNC(=NCCc1c(C)nn(C)c1C)N1CCC(c2ccccc2)C(CC)C1. The largest absolute Gasteiger partial charge is 0.357 e. The van der Waals surface area contributed by atoms with E-state index in [-0.39, 0.29) is 0 Å². The average molecular weight is 396 g/mol. The summed E-state index contributed by atoms with van der Waals surface area (Å²) in [4.78, 5) is 7.46. The van der Waals surface area contributed by atoms with Crippen LogP contribution < -0.4 is 5.32 Å². The van der Waals surface area contributed by atoms with Crippen LogP contribution in [0.2, 0.25) is 0 Å². The lowest BCUT2D eigenvalue weighted by Crippen LogP contribution is -2.48. The van der Waals surface area contributed by atoms with Crippen LogP contribution in [0.25, 0.3) is 0 Å². The van der Waals surface area contributed by atoms with Gasteiger partial charge in [-0.25, -0.2) is 0 Å². The van der Waals surface area contributed by atoms with E-state index >= 15 is 0 Å². The number of aryl methyl sites for hydroxylation is 2. The normalized spacial score (nSPS) is 20.2. The zero-order chi connectivity index (χ0) is 20.8. The summed E-state index contributed by atoms with van der Waals surface area (Å²) in [5.74, 6) is 2.38. The number of hydrogen-bond acceptors (Lipinski definition) is 2. The van der Waals surface area contributed by atoms with Crippen molar-refractivity contribution in [2.24, 2.45) is 18.0 Å². The van der Waals surface area contributed by atoms with Crippen molar-refractivity contribution in [3.8, 4) is 0 Å². The van der Waals surface area contributed by atoms with Gasteiger partial charge in [-0.1, -0.05) is 43.7 Å². The summed E-state index contributed by atoms with van der Waals surface area (Å²) in [5, 5.41) is 8.06. The summed E-state index contributed by atoms with van der Waals surface area (Å²) in [7, 11) is 2.01. The van der Waals surface area contributed by atoms with Crippen LogP contribution in [0.1, 0.15) is 55.1 Å². The fourth-order valence-corrected chi connectivity index (χ4v) is 4.66. The Bertz CT molecular complexity index is 808. The highest BCUT2D eigenvalue weighted by molar-refractivity contribution is 5.80. The van der Waals surface area contributed by atoms with Crippen LogP contribution in [0, 0.1) is 19.8 Å². The molecule has 0 aliphatic carbocycles. The summed E-state index contributed by atoms with van der Waals surface area (Å²) in [6.07, 6.45) is 3.33. The molecule has 2 aromatic rings. The molecule has 2 atom stereocenters. The van der Waals surface area contributed by atoms with Crippen molar-refractivity contribution in [1.82, 2.24) is 20.0 Å². The first-order valence-electron chi connectivity index (χ1n) is 11.1. The molecule has 2 unspecified atom stereocenters. The van der Waals surface area contributed by atoms with Gasteiger partial charge in [-0.3, -0.25) is 9.67 Å². The third kappa shape index (κ3) is 5.01. The zero-order valence-electron chi connectivity index (χ0n) is 18.8. The highest BCUT2D eigenvalue weighted by Gasteiger charge is 2.30. The molecule has 29 heavy (non-hydrogen) atoms. The fourth-order valence-electron chi connectivity index (χ4n) is 4.66. The molecule has 5 nitrogen and oxygen atoms in total. The zero-order valence-corrected chi connectivity index (χ0v) is 18.8. The van der Waals surface area contributed by atoms with Gasteiger partial charge in [-0.15, -0.1) is 0 Å². The highest BCUT2D eigenvalue weighted by Crippen LogP contribution is 2.34. The molecule has 2 heterocycles. The number of guanidine groups is 1. The topological polar surface area (TPSA) is 45.5 Å². The van der Waals surface area contributed by atoms with Gasteiger partial charge in [0.25, 0.3) is 0 Å². The number of aromatic nitrogens is 2. The Balaban J connectivity index is 1.68. The smallest absolute Gasteiger partial charge is 0.193 e. The van der Waals surface area contributed by atoms with Crippen LogP contribution in [0.3, 0.4) is 0 Å². The van der Waals surface area contributed by atoms with Crippen LogP contribution >= 0.6 is 0 Å². The lowest BCUT2D eigenvalue weighted by molar-refractivity contribution is 0.215. The van der Waals surface area contributed by atoms with Gasteiger partial charge < -0.3 is 10.2 Å². The van der Waals surface area contributed by atoms with Gasteiger partial charge in [0.2, 0.25) is 0 Å². The molecule has 1 N–H and O–H groups in total. The van der Waals surface area contributed by atoms with Crippen LogP contribution in [0.5, 0.6) is 0 Å². The quantitative estimate of drug-likeness (QED) is 0.593. The van der Waals surface area contributed by atoms with Crippen molar-refractivity contribution in [3.63, 3.8) is 0 Å². The van der Waals surface area contributed by atoms with Crippen LogP contribution in [-0.4, -0.2) is 46.8 Å². The summed E-state index contributed by atoms with van der Waals surface area (Å²) in [6.45, 7) is 12.5. The monoisotopic (exact) mass is 395 g/mol. The molecule has 0 bridgehead atoms. The van der Waals surface area contributed by atoms with Crippen molar-refractivity contribution in [2.45, 2.75) is 52.9 Å². The van der Waals surface area contributed by atoms with Crippen molar-refractivity contribution >= 4 is 5.96 Å². The molecule has 0 radical (unpaired) electrons. The molecule has 1 aliphatic rings. The Labute approximate surface area is 176 Å². The summed E-state index contributed by atoms with van der Waals surface area (Å²) < 4.78 is 1.97. The highest BCUT2D eigenvalue weighted by atomic mass is 15.3. The molecular formula is C24H37N5. The van der Waals surface area contributed by atoms with E-state index in [1.54, 1.807) is 0 Å². The molecule has 5 heteroatoms. The van der Waals surface area contributed by atoms with Crippen LogP contribution in [0.15, 0.2) is 35.3 Å². The molecule has 0 saturated carbocycles. The lowest BCUT2D eigenvalue weighted by atomic mass is 9.79. The predicted molar refractivity (Wildman–Crippen MR) is 122 cm³/mol. The fraction of sp³-hybridized carbons (Fsp3) is 0.583. The first-order valence-corrected chi connectivity index (χ1v) is 11.1. The molecule has 1 aliphatic heterocycles. The second-order valence-electron chi connectivity index (χ2n) is 8.18. The van der Waals surface area contributed by atoms with Gasteiger partial charge in [-0.05, 0) is 56.6 Å². The molecule has 3 rings (SSSR count). The predicted octanol–water partition coefficient (Wildman–Crippen LogP) is 4.06. The Morgan fingerprint density at radius 3 is 2.59 bits per heavy atom. The van der Waals surface area contributed by atoms with Gasteiger partial charge >= 0.3 is 0 Å². The van der Waals surface area contributed by atoms with Gasteiger partial charge in [0.15, 0.2) is 5.96 Å². The van der Waals surface area contributed by atoms with Gasteiger partial charge in [-0.2, -0.15) is 5.10 Å². The number of rotatable bonds is 6. The third-order valence-corrected chi connectivity index (χ3v) is 6.40. The number of aliphatic imine (C=N–C) groups is 1. The standard InChI is InChI=1S/C24H37N5/c1-6-20-17-29(16-14-23(20)21-11-9-8-10-12-21)24(25-7-2)26-15-13-22-18(3)27-28(5)19(22)4/h8-12,20,23H,6-7,13-17H2,1-5H3,(H,25,26). The van der Waals surface area contributed by atoms with E-state index in [0.717, 1.165) is 44.3 Å². The number of nitrogens with zero attached hydrogens (tertiary/aromatic N) is 4. The Hall–Kier alpha value is -2.30. The van der Waals surface area contributed by atoms with E-state index in [1.807, 2.05) is 11.7 Å². The van der Waals surface area contributed by atoms with Crippen LogP contribution in [0.4, 0.5) is 0 Å². The molecule has 1 saturated heterocycles. The Morgan fingerprint density at radius 1 is 1.21 bits per heavy atom. The van der Waals surface area contributed by atoms with E-state index in [4.69, 9.17) is 4.99 Å². The number of piperidine rings is 1. The summed E-state index contributed by atoms with van der Waals surface area (Å²) >= 11 is 0. The van der Waals surface area contributed by atoms with E-state index in [9.17, 15) is 0 Å². The first-order chi connectivity index (χ1) is 14.0. The number of likely N-dealkylation sites (tertiary alicyclic amines) is 1. The average Bonchev–Trinajstić information content (AvgIpc) is 2.99. The molecule has 0 amide bonds. The number of hydrogen-bond donors (Lipinski definition) is 1. The molecule has 158 valence electrons. The molecule has 1 aromatic heterocycles. The Kier molecular flexibility index (Phi) is 7.34. The van der Waals surface area contributed by atoms with Crippen LogP contribution in [-0.2, 0) is 13.5 Å².